The molecular formula is C14H28N2O. The molecule has 100 valence electrons. The summed E-state index contributed by atoms with van der Waals surface area (Å²) in [4.78, 5) is 14.4. The van der Waals surface area contributed by atoms with Crippen LogP contribution in [0.2, 0.25) is 0 Å². The van der Waals surface area contributed by atoms with Crippen molar-refractivity contribution >= 4 is 5.91 Å². The van der Waals surface area contributed by atoms with E-state index in [0.717, 1.165) is 44.8 Å². The van der Waals surface area contributed by atoms with Gasteiger partial charge in [-0.25, -0.2) is 0 Å². The highest BCUT2D eigenvalue weighted by Gasteiger charge is 2.29. The van der Waals surface area contributed by atoms with Gasteiger partial charge in [0, 0.05) is 6.54 Å². The van der Waals surface area contributed by atoms with Crippen molar-refractivity contribution in [2.75, 3.05) is 19.6 Å². The van der Waals surface area contributed by atoms with Crippen LogP contribution in [0.4, 0.5) is 0 Å². The number of hydrogen-bond acceptors (Lipinski definition) is 2. The second kappa shape index (κ2) is 7.70. The molecule has 1 fully saturated rings. The van der Waals surface area contributed by atoms with E-state index in [9.17, 15) is 4.79 Å². The van der Waals surface area contributed by atoms with Gasteiger partial charge in [0.05, 0.1) is 6.04 Å². The van der Waals surface area contributed by atoms with Crippen LogP contribution < -0.4 is 5.32 Å². The lowest BCUT2D eigenvalue weighted by atomic mass is 10.1. The monoisotopic (exact) mass is 240 g/mol. The summed E-state index contributed by atoms with van der Waals surface area (Å²) < 4.78 is 0. The van der Waals surface area contributed by atoms with Crippen molar-refractivity contribution < 1.29 is 4.79 Å². The number of carbonyl (C=O) groups is 1. The van der Waals surface area contributed by atoms with Crippen LogP contribution in [0, 0.1) is 5.92 Å². The third kappa shape index (κ3) is 5.07. The van der Waals surface area contributed by atoms with Crippen molar-refractivity contribution in [3.63, 3.8) is 0 Å². The Morgan fingerprint density at radius 2 is 2.24 bits per heavy atom. The molecule has 0 spiro atoms. The normalized spacial score (nSPS) is 21.1. The first-order chi connectivity index (χ1) is 8.15. The SMILES string of the molecule is CCCCNC(=O)[C@@H]1CCCN1CCC(C)C. The van der Waals surface area contributed by atoms with E-state index >= 15 is 0 Å². The molecule has 0 unspecified atom stereocenters. The van der Waals surface area contributed by atoms with Crippen LogP contribution in [0.1, 0.15) is 52.9 Å². The van der Waals surface area contributed by atoms with Gasteiger partial charge < -0.3 is 5.32 Å². The molecule has 1 atom stereocenters. The molecule has 0 aromatic heterocycles. The smallest absolute Gasteiger partial charge is 0.237 e. The number of nitrogens with zero attached hydrogens (tertiary/aromatic N) is 1. The molecule has 0 aromatic rings. The van der Waals surface area contributed by atoms with E-state index in [0.29, 0.717) is 0 Å². The molecule has 1 rings (SSSR count). The van der Waals surface area contributed by atoms with Gasteiger partial charge in [-0.2, -0.15) is 0 Å². The van der Waals surface area contributed by atoms with E-state index in [1.54, 1.807) is 0 Å². The van der Waals surface area contributed by atoms with Crippen LogP contribution in [0.5, 0.6) is 0 Å². The first kappa shape index (κ1) is 14.5. The van der Waals surface area contributed by atoms with Gasteiger partial charge in [-0.05, 0) is 44.7 Å². The van der Waals surface area contributed by atoms with Crippen LogP contribution in [0.15, 0.2) is 0 Å². The number of carbonyl (C=O) groups excluding carboxylic acids is 1. The average Bonchev–Trinajstić information content (AvgIpc) is 2.74. The highest BCUT2D eigenvalue weighted by atomic mass is 16.2. The van der Waals surface area contributed by atoms with Crippen LogP contribution in [-0.2, 0) is 4.79 Å². The summed E-state index contributed by atoms with van der Waals surface area (Å²) in [5.41, 5.74) is 0. The van der Waals surface area contributed by atoms with Gasteiger partial charge in [-0.15, -0.1) is 0 Å². The molecule has 0 saturated carbocycles. The lowest BCUT2D eigenvalue weighted by Crippen LogP contribution is -2.44. The van der Waals surface area contributed by atoms with Crippen molar-refractivity contribution in [3.05, 3.63) is 0 Å². The first-order valence-electron chi connectivity index (χ1n) is 7.17. The highest BCUT2D eigenvalue weighted by molar-refractivity contribution is 5.81. The minimum absolute atomic E-state index is 0.144. The number of nitrogens with one attached hydrogen (secondary N) is 1. The Bertz CT molecular complexity index is 228. The maximum atomic E-state index is 12.0. The fraction of sp³-hybridized carbons (Fsp3) is 0.929. The minimum atomic E-state index is 0.144. The maximum absolute atomic E-state index is 12.0. The largest absolute Gasteiger partial charge is 0.355 e. The summed E-state index contributed by atoms with van der Waals surface area (Å²) in [6.07, 6.45) is 5.63. The van der Waals surface area contributed by atoms with Gasteiger partial charge in [0.25, 0.3) is 0 Å². The number of unbranched alkanes of at least 4 members (excludes halogenated alkanes) is 1. The molecule has 1 amide bonds. The summed E-state index contributed by atoms with van der Waals surface area (Å²) in [7, 11) is 0. The van der Waals surface area contributed by atoms with Crippen molar-refractivity contribution in [1.82, 2.24) is 10.2 Å². The fourth-order valence-electron chi connectivity index (χ4n) is 2.32. The van der Waals surface area contributed by atoms with E-state index in [2.05, 4.69) is 31.0 Å². The number of likely N-dealkylation sites (tertiary alicyclic amines) is 1. The molecule has 0 aromatic carbocycles. The first-order valence-corrected chi connectivity index (χ1v) is 7.17. The molecule has 0 radical (unpaired) electrons. The summed E-state index contributed by atoms with van der Waals surface area (Å²) in [5.74, 6) is 0.971. The van der Waals surface area contributed by atoms with Gasteiger partial charge >= 0.3 is 0 Å². The van der Waals surface area contributed by atoms with E-state index in [1.165, 1.54) is 12.8 Å². The summed E-state index contributed by atoms with van der Waals surface area (Å²) >= 11 is 0. The molecule has 1 aliphatic rings. The van der Waals surface area contributed by atoms with Crippen LogP contribution in [0.3, 0.4) is 0 Å². The minimum Gasteiger partial charge on any atom is -0.355 e. The van der Waals surface area contributed by atoms with Gasteiger partial charge in [0.15, 0.2) is 0 Å². The number of hydrogen-bond donors (Lipinski definition) is 1. The number of amides is 1. The second-order valence-electron chi connectivity index (χ2n) is 5.52. The lowest BCUT2D eigenvalue weighted by Gasteiger charge is -2.24. The molecule has 3 heteroatoms. The van der Waals surface area contributed by atoms with Gasteiger partial charge in [-0.3, -0.25) is 9.69 Å². The third-order valence-corrected chi connectivity index (χ3v) is 3.49. The van der Waals surface area contributed by atoms with Crippen molar-refractivity contribution in [2.24, 2.45) is 5.92 Å². The molecule has 0 bridgehead atoms. The molecular weight excluding hydrogens is 212 g/mol. The Morgan fingerprint density at radius 3 is 2.88 bits per heavy atom. The molecule has 1 heterocycles. The van der Waals surface area contributed by atoms with Crippen LogP contribution in [0.25, 0.3) is 0 Å². The second-order valence-corrected chi connectivity index (χ2v) is 5.52. The molecule has 3 nitrogen and oxygen atoms in total. The quantitative estimate of drug-likeness (QED) is 0.693. The Morgan fingerprint density at radius 1 is 1.47 bits per heavy atom. The standard InChI is InChI=1S/C14H28N2O/c1-4-5-9-15-14(17)13-7-6-10-16(13)11-8-12(2)3/h12-13H,4-11H2,1-3H3,(H,15,17)/t13-/m0/s1. The summed E-state index contributed by atoms with van der Waals surface area (Å²) in [6.45, 7) is 9.64. The van der Waals surface area contributed by atoms with E-state index in [1.807, 2.05) is 0 Å². The Hall–Kier alpha value is -0.570. The molecule has 1 saturated heterocycles. The van der Waals surface area contributed by atoms with E-state index < -0.39 is 0 Å². The molecule has 1 N–H and O–H groups in total. The Labute approximate surface area is 106 Å². The van der Waals surface area contributed by atoms with E-state index in [-0.39, 0.29) is 11.9 Å². The van der Waals surface area contributed by atoms with Crippen molar-refractivity contribution in [2.45, 2.75) is 58.9 Å². The molecule has 1 aliphatic heterocycles. The fourth-order valence-corrected chi connectivity index (χ4v) is 2.32. The zero-order valence-corrected chi connectivity index (χ0v) is 11.7. The van der Waals surface area contributed by atoms with Gasteiger partial charge in [0.1, 0.15) is 0 Å². The molecule has 17 heavy (non-hydrogen) atoms. The topological polar surface area (TPSA) is 32.3 Å². The zero-order valence-electron chi connectivity index (χ0n) is 11.7. The maximum Gasteiger partial charge on any atom is 0.237 e. The Balaban J connectivity index is 2.31. The molecule has 0 aliphatic carbocycles. The predicted octanol–water partition coefficient (Wildman–Crippen LogP) is 2.41. The van der Waals surface area contributed by atoms with Crippen molar-refractivity contribution in [3.8, 4) is 0 Å². The van der Waals surface area contributed by atoms with Crippen molar-refractivity contribution in [1.29, 1.82) is 0 Å². The van der Waals surface area contributed by atoms with Gasteiger partial charge in [0.2, 0.25) is 5.91 Å². The van der Waals surface area contributed by atoms with E-state index in [4.69, 9.17) is 0 Å². The summed E-state index contributed by atoms with van der Waals surface area (Å²) in [5, 5.41) is 3.06. The zero-order chi connectivity index (χ0) is 12.7. The number of rotatable bonds is 7. The predicted molar refractivity (Wildman–Crippen MR) is 72.0 cm³/mol. The van der Waals surface area contributed by atoms with Gasteiger partial charge in [-0.1, -0.05) is 27.2 Å². The lowest BCUT2D eigenvalue weighted by molar-refractivity contribution is -0.125. The summed E-state index contributed by atoms with van der Waals surface area (Å²) in [6, 6.07) is 0.144. The Kier molecular flexibility index (Phi) is 6.56. The highest BCUT2D eigenvalue weighted by Crippen LogP contribution is 2.18. The van der Waals surface area contributed by atoms with Crippen LogP contribution >= 0.6 is 0 Å². The third-order valence-electron chi connectivity index (χ3n) is 3.49. The average molecular weight is 240 g/mol. The van der Waals surface area contributed by atoms with Crippen LogP contribution in [-0.4, -0.2) is 36.5 Å².